The normalized spacial score (nSPS) is 26.6. The van der Waals surface area contributed by atoms with Crippen LogP contribution in [0.2, 0.25) is 0 Å². The highest BCUT2D eigenvalue weighted by atomic mass is 16.3. The Morgan fingerprint density at radius 2 is 2.15 bits per heavy atom. The lowest BCUT2D eigenvalue weighted by Crippen LogP contribution is -2.39. The van der Waals surface area contributed by atoms with Gasteiger partial charge in [0.25, 0.3) is 0 Å². The number of hydrogen-bond acceptors (Lipinski definition) is 4. The van der Waals surface area contributed by atoms with Gasteiger partial charge in [-0.2, -0.15) is 5.10 Å². The number of nitrogens with one attached hydrogen (secondary N) is 1. The summed E-state index contributed by atoms with van der Waals surface area (Å²) >= 11 is 0. The molecule has 2 N–H and O–H groups in total. The van der Waals surface area contributed by atoms with Crippen LogP contribution in [-0.2, 0) is 0 Å². The molecule has 0 radical (unpaired) electrons. The highest BCUT2D eigenvalue weighted by molar-refractivity contribution is 5.34. The molecule has 1 aliphatic rings. The average Bonchev–Trinajstić information content (AvgIpc) is 2.06. The molecule has 1 aliphatic carbocycles. The lowest BCUT2D eigenvalue weighted by atomic mass is 9.89. The van der Waals surface area contributed by atoms with E-state index in [1.165, 1.54) is 0 Å². The van der Waals surface area contributed by atoms with E-state index in [4.69, 9.17) is 5.11 Å². The second kappa shape index (κ2) is 3.30. The summed E-state index contributed by atoms with van der Waals surface area (Å²) in [4.78, 5) is 0. The molecule has 70 valence electrons. The molecule has 2 rings (SSSR count). The number of aryl methyl sites for hydroxylation is 1. The van der Waals surface area contributed by atoms with Crippen molar-refractivity contribution in [1.29, 1.82) is 0 Å². The topological polar surface area (TPSA) is 58.0 Å². The highest BCUT2D eigenvalue weighted by Gasteiger charge is 2.26. The van der Waals surface area contributed by atoms with Gasteiger partial charge in [0.1, 0.15) is 5.82 Å². The van der Waals surface area contributed by atoms with Crippen LogP contribution in [0.4, 0.5) is 5.82 Å². The molecule has 1 aromatic rings. The van der Waals surface area contributed by atoms with Crippen molar-refractivity contribution in [3.8, 4) is 0 Å². The zero-order valence-corrected chi connectivity index (χ0v) is 7.57. The van der Waals surface area contributed by atoms with Crippen molar-refractivity contribution in [2.24, 2.45) is 0 Å². The fourth-order valence-electron chi connectivity index (χ4n) is 1.39. The van der Waals surface area contributed by atoms with Crippen LogP contribution < -0.4 is 5.32 Å². The molecular formula is C9H13N3O. The molecule has 0 amide bonds. The Morgan fingerprint density at radius 3 is 2.69 bits per heavy atom. The lowest BCUT2D eigenvalue weighted by Gasteiger charge is -2.32. The van der Waals surface area contributed by atoms with Crippen LogP contribution in [0.5, 0.6) is 0 Å². The minimum absolute atomic E-state index is 0.129. The smallest absolute Gasteiger partial charge is 0.148 e. The largest absolute Gasteiger partial charge is 0.393 e. The van der Waals surface area contributed by atoms with E-state index in [2.05, 4.69) is 15.5 Å². The monoisotopic (exact) mass is 179 g/mol. The van der Waals surface area contributed by atoms with E-state index in [0.29, 0.717) is 6.04 Å². The molecule has 0 atom stereocenters. The van der Waals surface area contributed by atoms with Crippen molar-refractivity contribution in [2.75, 3.05) is 5.32 Å². The van der Waals surface area contributed by atoms with Gasteiger partial charge in [-0.3, -0.25) is 0 Å². The Hall–Kier alpha value is -1.16. The summed E-state index contributed by atoms with van der Waals surface area (Å²) in [6, 6.07) is 4.20. The molecule has 1 aromatic heterocycles. The first-order chi connectivity index (χ1) is 6.24. The number of hydrogen-bond donors (Lipinski definition) is 2. The van der Waals surface area contributed by atoms with E-state index in [0.717, 1.165) is 24.4 Å². The van der Waals surface area contributed by atoms with Gasteiger partial charge in [0.15, 0.2) is 0 Å². The first-order valence-corrected chi connectivity index (χ1v) is 4.49. The van der Waals surface area contributed by atoms with Crippen LogP contribution in [-0.4, -0.2) is 27.4 Å². The maximum absolute atomic E-state index is 9.06. The van der Waals surface area contributed by atoms with Crippen molar-refractivity contribution in [2.45, 2.75) is 31.9 Å². The maximum atomic E-state index is 9.06. The van der Waals surface area contributed by atoms with Gasteiger partial charge in [0, 0.05) is 6.04 Å². The second-order valence-corrected chi connectivity index (χ2v) is 3.53. The molecule has 0 unspecified atom stereocenters. The van der Waals surface area contributed by atoms with E-state index in [1.54, 1.807) is 0 Å². The Bertz CT molecular complexity index is 279. The third-order valence-corrected chi connectivity index (χ3v) is 2.26. The van der Waals surface area contributed by atoms with Gasteiger partial charge in [0.05, 0.1) is 11.8 Å². The summed E-state index contributed by atoms with van der Waals surface area (Å²) < 4.78 is 0. The first-order valence-electron chi connectivity index (χ1n) is 4.49. The number of rotatable bonds is 2. The number of aromatic nitrogens is 2. The predicted molar refractivity (Wildman–Crippen MR) is 49.4 cm³/mol. The predicted octanol–water partition coefficient (Wildman–Crippen LogP) is 0.720. The van der Waals surface area contributed by atoms with Gasteiger partial charge in [-0.25, -0.2) is 0 Å². The molecule has 1 fully saturated rings. The molecule has 13 heavy (non-hydrogen) atoms. The summed E-state index contributed by atoms with van der Waals surface area (Å²) in [5.74, 6) is 0.794. The van der Waals surface area contributed by atoms with Crippen LogP contribution in [0.3, 0.4) is 0 Å². The van der Waals surface area contributed by atoms with E-state index in [9.17, 15) is 0 Å². The zero-order chi connectivity index (χ0) is 9.26. The molecule has 0 spiro atoms. The first kappa shape index (κ1) is 8.44. The lowest BCUT2D eigenvalue weighted by molar-refractivity contribution is 0.0835. The van der Waals surface area contributed by atoms with Gasteiger partial charge in [0.2, 0.25) is 0 Å². The van der Waals surface area contributed by atoms with E-state index < -0.39 is 0 Å². The van der Waals surface area contributed by atoms with E-state index >= 15 is 0 Å². The summed E-state index contributed by atoms with van der Waals surface area (Å²) in [6.07, 6.45) is 1.50. The number of anilines is 1. The Balaban J connectivity index is 1.91. The quantitative estimate of drug-likeness (QED) is 0.702. The SMILES string of the molecule is Cc1ccc(NC2CC(O)C2)nn1. The van der Waals surface area contributed by atoms with Gasteiger partial charge >= 0.3 is 0 Å². The third-order valence-electron chi connectivity index (χ3n) is 2.26. The van der Waals surface area contributed by atoms with Gasteiger partial charge in [-0.15, -0.1) is 5.10 Å². The van der Waals surface area contributed by atoms with Crippen LogP contribution >= 0.6 is 0 Å². The molecular weight excluding hydrogens is 166 g/mol. The fraction of sp³-hybridized carbons (Fsp3) is 0.556. The molecule has 0 aliphatic heterocycles. The number of nitrogens with zero attached hydrogens (tertiary/aromatic N) is 2. The highest BCUT2D eigenvalue weighted by Crippen LogP contribution is 2.22. The standard InChI is InChI=1S/C9H13N3O/c1-6-2-3-9(12-11-6)10-7-4-8(13)5-7/h2-3,7-8,13H,4-5H2,1H3,(H,10,12). The summed E-state index contributed by atoms with van der Waals surface area (Å²) in [5, 5.41) is 20.2. The number of aliphatic hydroxyl groups excluding tert-OH is 1. The Kier molecular flexibility index (Phi) is 2.14. The van der Waals surface area contributed by atoms with Crippen LogP contribution in [0, 0.1) is 6.92 Å². The summed E-state index contributed by atoms with van der Waals surface area (Å²) in [6.45, 7) is 1.91. The third kappa shape index (κ3) is 1.95. The van der Waals surface area contributed by atoms with E-state index in [-0.39, 0.29) is 6.10 Å². The minimum atomic E-state index is -0.129. The van der Waals surface area contributed by atoms with Crippen molar-refractivity contribution >= 4 is 5.82 Å². The summed E-state index contributed by atoms with van der Waals surface area (Å²) in [5.41, 5.74) is 0.916. The second-order valence-electron chi connectivity index (χ2n) is 3.53. The van der Waals surface area contributed by atoms with Gasteiger partial charge in [-0.1, -0.05) is 0 Å². The zero-order valence-electron chi connectivity index (χ0n) is 7.57. The average molecular weight is 179 g/mol. The van der Waals surface area contributed by atoms with Crippen molar-refractivity contribution in [3.63, 3.8) is 0 Å². The molecule has 0 saturated heterocycles. The van der Waals surface area contributed by atoms with Crippen molar-refractivity contribution < 1.29 is 5.11 Å². The maximum Gasteiger partial charge on any atom is 0.148 e. The Morgan fingerprint density at radius 1 is 1.38 bits per heavy atom. The van der Waals surface area contributed by atoms with E-state index in [1.807, 2.05) is 19.1 Å². The van der Waals surface area contributed by atoms with Crippen LogP contribution in [0.15, 0.2) is 12.1 Å². The van der Waals surface area contributed by atoms with Crippen LogP contribution in [0.25, 0.3) is 0 Å². The molecule has 0 aromatic carbocycles. The minimum Gasteiger partial charge on any atom is -0.393 e. The fourth-order valence-corrected chi connectivity index (χ4v) is 1.39. The van der Waals surface area contributed by atoms with Crippen molar-refractivity contribution in [1.82, 2.24) is 10.2 Å². The van der Waals surface area contributed by atoms with Crippen molar-refractivity contribution in [3.05, 3.63) is 17.8 Å². The molecule has 1 heterocycles. The molecule has 4 nitrogen and oxygen atoms in total. The molecule has 1 saturated carbocycles. The Labute approximate surface area is 77.0 Å². The molecule has 4 heteroatoms. The van der Waals surface area contributed by atoms with Crippen LogP contribution in [0.1, 0.15) is 18.5 Å². The summed E-state index contributed by atoms with van der Waals surface area (Å²) in [7, 11) is 0. The van der Waals surface area contributed by atoms with Gasteiger partial charge < -0.3 is 10.4 Å². The number of aliphatic hydroxyl groups is 1. The molecule has 0 bridgehead atoms. The van der Waals surface area contributed by atoms with Gasteiger partial charge in [-0.05, 0) is 31.9 Å².